The van der Waals surface area contributed by atoms with Crippen molar-refractivity contribution < 1.29 is 0 Å². The Hall–Kier alpha value is -0.660. The molecule has 0 saturated carbocycles. The van der Waals surface area contributed by atoms with Gasteiger partial charge in [-0.05, 0) is 19.3 Å². The van der Waals surface area contributed by atoms with Crippen LogP contribution in [-0.4, -0.2) is 29.1 Å². The summed E-state index contributed by atoms with van der Waals surface area (Å²) in [5, 5.41) is 0. The summed E-state index contributed by atoms with van der Waals surface area (Å²) in [4.78, 5) is 5.20. The van der Waals surface area contributed by atoms with Crippen molar-refractivity contribution in [2.75, 3.05) is 13.1 Å². The summed E-state index contributed by atoms with van der Waals surface area (Å²) in [6.07, 6.45) is 23.2. The van der Waals surface area contributed by atoms with Crippen LogP contribution in [0.3, 0.4) is 0 Å². The molecular formula is C21H42N2. The minimum absolute atomic E-state index is 0.640. The molecule has 23 heavy (non-hydrogen) atoms. The van der Waals surface area contributed by atoms with E-state index in [1.54, 1.807) is 0 Å². The SMILES string of the molecule is CCCCCCCCCN1C=CN(CCCCCC)C1CCC. The van der Waals surface area contributed by atoms with Gasteiger partial charge in [-0.15, -0.1) is 0 Å². The largest absolute Gasteiger partial charge is 0.356 e. The topological polar surface area (TPSA) is 6.48 Å². The van der Waals surface area contributed by atoms with Gasteiger partial charge >= 0.3 is 0 Å². The first-order chi connectivity index (χ1) is 11.3. The van der Waals surface area contributed by atoms with Gasteiger partial charge in [-0.3, -0.25) is 0 Å². The van der Waals surface area contributed by atoms with E-state index in [0.29, 0.717) is 6.17 Å². The van der Waals surface area contributed by atoms with Crippen LogP contribution in [-0.2, 0) is 0 Å². The molecule has 0 aromatic rings. The molecule has 0 amide bonds. The molecule has 1 aliphatic rings. The second kappa shape index (κ2) is 13.7. The van der Waals surface area contributed by atoms with Gasteiger partial charge in [0.1, 0.15) is 6.17 Å². The van der Waals surface area contributed by atoms with E-state index in [9.17, 15) is 0 Å². The standard InChI is InChI=1S/C21H42N2/c1-4-7-9-11-12-13-15-18-23-20-19-22(21(23)16-6-3)17-14-10-8-5-2/h19-21H,4-18H2,1-3H3. The molecule has 0 bridgehead atoms. The van der Waals surface area contributed by atoms with Crippen molar-refractivity contribution in [3.8, 4) is 0 Å². The van der Waals surface area contributed by atoms with Crippen molar-refractivity contribution in [3.63, 3.8) is 0 Å². The van der Waals surface area contributed by atoms with E-state index in [2.05, 4.69) is 43.0 Å². The molecule has 0 spiro atoms. The Balaban J connectivity index is 2.19. The summed E-state index contributed by atoms with van der Waals surface area (Å²) in [6.45, 7) is 9.40. The fraction of sp³-hybridized carbons (Fsp3) is 0.905. The molecule has 0 aromatic heterocycles. The Kier molecular flexibility index (Phi) is 12.2. The summed E-state index contributed by atoms with van der Waals surface area (Å²) in [7, 11) is 0. The molecule has 0 saturated heterocycles. The first kappa shape index (κ1) is 20.4. The summed E-state index contributed by atoms with van der Waals surface area (Å²) in [6, 6.07) is 0. The highest BCUT2D eigenvalue weighted by atomic mass is 15.4. The Morgan fingerprint density at radius 2 is 1.00 bits per heavy atom. The third kappa shape index (κ3) is 8.67. The van der Waals surface area contributed by atoms with Crippen LogP contribution < -0.4 is 0 Å². The molecule has 1 atom stereocenters. The minimum atomic E-state index is 0.640. The Bertz CT molecular complexity index is 288. The molecule has 136 valence electrons. The van der Waals surface area contributed by atoms with Crippen LogP contribution in [0.5, 0.6) is 0 Å². The Morgan fingerprint density at radius 3 is 1.48 bits per heavy atom. The highest BCUT2D eigenvalue weighted by molar-refractivity contribution is 4.96. The van der Waals surface area contributed by atoms with Crippen molar-refractivity contribution >= 4 is 0 Å². The monoisotopic (exact) mass is 322 g/mol. The second-order valence-corrected chi connectivity index (χ2v) is 7.23. The van der Waals surface area contributed by atoms with Crippen molar-refractivity contribution in [2.45, 2.75) is 110 Å². The first-order valence-corrected chi connectivity index (χ1v) is 10.5. The van der Waals surface area contributed by atoms with Gasteiger partial charge in [-0.25, -0.2) is 0 Å². The third-order valence-corrected chi connectivity index (χ3v) is 5.05. The maximum atomic E-state index is 2.61. The molecule has 0 aliphatic carbocycles. The molecule has 1 heterocycles. The lowest BCUT2D eigenvalue weighted by atomic mass is 10.1. The van der Waals surface area contributed by atoms with Gasteiger partial charge in [0, 0.05) is 25.5 Å². The minimum Gasteiger partial charge on any atom is -0.356 e. The molecule has 0 aromatic carbocycles. The van der Waals surface area contributed by atoms with Crippen LogP contribution in [0.1, 0.15) is 104 Å². The van der Waals surface area contributed by atoms with Crippen molar-refractivity contribution in [3.05, 3.63) is 12.4 Å². The van der Waals surface area contributed by atoms with Gasteiger partial charge in [0.05, 0.1) is 0 Å². The smallest absolute Gasteiger partial charge is 0.101 e. The second-order valence-electron chi connectivity index (χ2n) is 7.23. The molecule has 1 unspecified atom stereocenters. The van der Waals surface area contributed by atoms with E-state index in [-0.39, 0.29) is 0 Å². The van der Waals surface area contributed by atoms with Crippen LogP contribution in [0.4, 0.5) is 0 Å². The number of unbranched alkanes of at least 4 members (excludes halogenated alkanes) is 9. The molecule has 2 heteroatoms. The molecule has 0 radical (unpaired) electrons. The average Bonchev–Trinajstić information content (AvgIpc) is 2.93. The summed E-state index contributed by atoms with van der Waals surface area (Å²) in [5.74, 6) is 0. The van der Waals surface area contributed by atoms with Gasteiger partial charge in [0.15, 0.2) is 0 Å². The van der Waals surface area contributed by atoms with Crippen LogP contribution in [0.15, 0.2) is 12.4 Å². The van der Waals surface area contributed by atoms with Crippen LogP contribution >= 0.6 is 0 Å². The zero-order valence-corrected chi connectivity index (χ0v) is 16.2. The maximum absolute atomic E-state index is 2.61. The van der Waals surface area contributed by atoms with Crippen molar-refractivity contribution in [1.29, 1.82) is 0 Å². The maximum Gasteiger partial charge on any atom is 0.101 e. The van der Waals surface area contributed by atoms with Gasteiger partial charge in [-0.1, -0.05) is 85.0 Å². The predicted octanol–water partition coefficient (Wildman–Crippen LogP) is 6.53. The Morgan fingerprint density at radius 1 is 0.565 bits per heavy atom. The van der Waals surface area contributed by atoms with Gasteiger partial charge in [0.2, 0.25) is 0 Å². The zero-order valence-electron chi connectivity index (χ0n) is 16.2. The average molecular weight is 323 g/mol. The molecule has 1 aliphatic heterocycles. The number of hydrogen-bond donors (Lipinski definition) is 0. The molecule has 0 N–H and O–H groups in total. The van der Waals surface area contributed by atoms with Gasteiger partial charge in [0.25, 0.3) is 0 Å². The Labute approximate surface area is 146 Å². The predicted molar refractivity (Wildman–Crippen MR) is 103 cm³/mol. The van der Waals surface area contributed by atoms with Gasteiger partial charge < -0.3 is 9.80 Å². The molecule has 0 fully saturated rings. The van der Waals surface area contributed by atoms with E-state index < -0.39 is 0 Å². The summed E-state index contributed by atoms with van der Waals surface area (Å²) in [5.41, 5.74) is 0. The van der Waals surface area contributed by atoms with Crippen LogP contribution in [0, 0.1) is 0 Å². The van der Waals surface area contributed by atoms with E-state index >= 15 is 0 Å². The van der Waals surface area contributed by atoms with Crippen molar-refractivity contribution in [1.82, 2.24) is 9.80 Å². The highest BCUT2D eigenvalue weighted by Gasteiger charge is 2.24. The lowest BCUT2D eigenvalue weighted by molar-refractivity contribution is 0.138. The quantitative estimate of drug-likeness (QED) is 0.316. The van der Waals surface area contributed by atoms with Crippen LogP contribution in [0.25, 0.3) is 0 Å². The normalized spacial score (nSPS) is 17.4. The number of hydrogen-bond acceptors (Lipinski definition) is 2. The van der Waals surface area contributed by atoms with Crippen LogP contribution in [0.2, 0.25) is 0 Å². The third-order valence-electron chi connectivity index (χ3n) is 5.05. The zero-order chi connectivity index (χ0) is 16.8. The van der Waals surface area contributed by atoms with E-state index in [1.807, 2.05) is 0 Å². The van der Waals surface area contributed by atoms with E-state index in [1.165, 1.54) is 96.6 Å². The number of nitrogens with zero attached hydrogens (tertiary/aromatic N) is 2. The highest BCUT2D eigenvalue weighted by Crippen LogP contribution is 2.22. The summed E-state index contributed by atoms with van der Waals surface area (Å²) >= 11 is 0. The van der Waals surface area contributed by atoms with E-state index in [4.69, 9.17) is 0 Å². The fourth-order valence-corrected chi connectivity index (χ4v) is 3.57. The number of rotatable bonds is 15. The lowest BCUT2D eigenvalue weighted by Gasteiger charge is -2.33. The van der Waals surface area contributed by atoms with Crippen molar-refractivity contribution in [2.24, 2.45) is 0 Å². The summed E-state index contributed by atoms with van der Waals surface area (Å²) < 4.78 is 0. The lowest BCUT2D eigenvalue weighted by Crippen LogP contribution is -2.39. The first-order valence-electron chi connectivity index (χ1n) is 10.5. The molecular weight excluding hydrogens is 280 g/mol. The molecule has 1 rings (SSSR count). The molecule has 2 nitrogen and oxygen atoms in total. The fourth-order valence-electron chi connectivity index (χ4n) is 3.57. The van der Waals surface area contributed by atoms with Gasteiger partial charge in [-0.2, -0.15) is 0 Å². The van der Waals surface area contributed by atoms with E-state index in [0.717, 1.165) is 0 Å².